The molecule has 25 heavy (non-hydrogen) atoms. The van der Waals surface area contributed by atoms with Crippen molar-refractivity contribution in [2.24, 2.45) is 0 Å². The minimum absolute atomic E-state index is 0.105. The maximum atomic E-state index is 11.9. The fourth-order valence-electron chi connectivity index (χ4n) is 2.03. The van der Waals surface area contributed by atoms with Crippen LogP contribution < -0.4 is 10.0 Å². The van der Waals surface area contributed by atoms with Gasteiger partial charge >= 0.3 is 5.97 Å². The SMILES string of the molecule is Cc1cccc(C)c1NC(=O)COC(=O)CNS(=O)(=O)c1cccs1. The molecule has 2 N–H and O–H groups in total. The Labute approximate surface area is 150 Å². The molecule has 1 amide bonds. The molecule has 7 nitrogen and oxygen atoms in total. The van der Waals surface area contributed by atoms with Crippen LogP contribution in [0.25, 0.3) is 0 Å². The second-order valence-corrected chi connectivity index (χ2v) is 8.17. The number of nitrogens with one attached hydrogen (secondary N) is 2. The number of ether oxygens (including phenoxy) is 1. The van der Waals surface area contributed by atoms with Gasteiger partial charge in [0.1, 0.15) is 10.8 Å². The number of hydrogen-bond donors (Lipinski definition) is 2. The van der Waals surface area contributed by atoms with Crippen molar-refractivity contribution in [2.75, 3.05) is 18.5 Å². The Kier molecular flexibility index (Phi) is 6.29. The Hall–Kier alpha value is -2.23. The highest BCUT2D eigenvalue weighted by Gasteiger charge is 2.17. The first-order valence-corrected chi connectivity index (χ1v) is 9.71. The summed E-state index contributed by atoms with van der Waals surface area (Å²) in [6.45, 7) is 2.67. The third-order valence-corrected chi connectivity index (χ3v) is 6.07. The summed E-state index contributed by atoms with van der Waals surface area (Å²) >= 11 is 1.04. The summed E-state index contributed by atoms with van der Waals surface area (Å²) in [5, 5.41) is 4.29. The van der Waals surface area contributed by atoms with Crippen LogP contribution in [-0.4, -0.2) is 33.4 Å². The zero-order chi connectivity index (χ0) is 18.4. The van der Waals surface area contributed by atoms with Crippen LogP contribution in [0, 0.1) is 13.8 Å². The summed E-state index contributed by atoms with van der Waals surface area (Å²) < 4.78 is 30.8. The molecule has 0 radical (unpaired) electrons. The van der Waals surface area contributed by atoms with Gasteiger partial charge in [-0.3, -0.25) is 9.59 Å². The van der Waals surface area contributed by atoms with E-state index in [1.54, 1.807) is 11.4 Å². The molecule has 0 aliphatic carbocycles. The number of hydrogen-bond acceptors (Lipinski definition) is 6. The molecule has 0 saturated heterocycles. The number of benzene rings is 1. The first-order valence-electron chi connectivity index (χ1n) is 7.34. The lowest BCUT2D eigenvalue weighted by Crippen LogP contribution is -2.32. The van der Waals surface area contributed by atoms with E-state index >= 15 is 0 Å². The van der Waals surface area contributed by atoms with Crippen molar-refractivity contribution in [2.45, 2.75) is 18.1 Å². The zero-order valence-corrected chi connectivity index (χ0v) is 15.4. The minimum atomic E-state index is -3.74. The molecule has 1 heterocycles. The maximum Gasteiger partial charge on any atom is 0.321 e. The highest BCUT2D eigenvalue weighted by atomic mass is 32.2. The van der Waals surface area contributed by atoms with Crippen molar-refractivity contribution >= 4 is 38.9 Å². The Bertz CT molecular complexity index is 840. The van der Waals surface area contributed by atoms with Crippen LogP contribution in [0.4, 0.5) is 5.69 Å². The Balaban J connectivity index is 1.81. The second-order valence-electron chi connectivity index (χ2n) is 5.23. The van der Waals surface area contributed by atoms with Crippen LogP contribution in [-0.2, 0) is 24.3 Å². The first-order chi connectivity index (χ1) is 11.8. The van der Waals surface area contributed by atoms with Crippen molar-refractivity contribution < 1.29 is 22.7 Å². The second kappa shape index (κ2) is 8.24. The number of amides is 1. The monoisotopic (exact) mass is 382 g/mol. The van der Waals surface area contributed by atoms with E-state index in [1.165, 1.54) is 6.07 Å². The lowest BCUT2D eigenvalue weighted by Gasteiger charge is -2.11. The van der Waals surface area contributed by atoms with Crippen molar-refractivity contribution in [1.29, 1.82) is 0 Å². The van der Waals surface area contributed by atoms with Gasteiger partial charge < -0.3 is 10.1 Å². The van der Waals surface area contributed by atoms with Gasteiger partial charge in [0.2, 0.25) is 0 Å². The fourth-order valence-corrected chi connectivity index (χ4v) is 4.03. The summed E-state index contributed by atoms with van der Waals surface area (Å²) in [5.41, 5.74) is 2.45. The number of para-hydroxylation sites is 1. The van der Waals surface area contributed by atoms with Crippen LogP contribution in [0.5, 0.6) is 0 Å². The van der Waals surface area contributed by atoms with E-state index < -0.39 is 35.1 Å². The molecule has 0 saturated carbocycles. The molecule has 0 aliphatic heterocycles. The van der Waals surface area contributed by atoms with Gasteiger partial charge in [-0.05, 0) is 36.4 Å². The van der Waals surface area contributed by atoms with Gasteiger partial charge in [-0.1, -0.05) is 24.3 Å². The van der Waals surface area contributed by atoms with Gasteiger partial charge in [0.05, 0.1) is 0 Å². The molecule has 2 aromatic rings. The fraction of sp³-hybridized carbons (Fsp3) is 0.250. The van der Waals surface area contributed by atoms with Gasteiger partial charge in [0.25, 0.3) is 15.9 Å². The molecular weight excluding hydrogens is 364 g/mol. The van der Waals surface area contributed by atoms with Crippen molar-refractivity contribution in [1.82, 2.24) is 4.72 Å². The predicted molar refractivity (Wildman–Crippen MR) is 95.0 cm³/mol. The molecular formula is C16H18N2O5S2. The standard InChI is InChI=1S/C16H18N2O5S2/c1-11-5-3-6-12(2)16(11)18-13(19)10-23-14(20)9-17-25(21,22)15-7-4-8-24-15/h3-8,17H,9-10H2,1-2H3,(H,18,19). The van der Waals surface area contributed by atoms with Crippen LogP contribution in [0.1, 0.15) is 11.1 Å². The number of carbonyl (C=O) groups is 2. The smallest absolute Gasteiger partial charge is 0.321 e. The average Bonchev–Trinajstić information content (AvgIpc) is 3.10. The normalized spacial score (nSPS) is 11.1. The molecule has 0 fully saturated rings. The molecule has 2 rings (SSSR count). The van der Waals surface area contributed by atoms with Gasteiger partial charge in [-0.2, -0.15) is 4.72 Å². The van der Waals surface area contributed by atoms with Crippen LogP contribution in [0.15, 0.2) is 39.9 Å². The number of thiophene rings is 1. The number of esters is 1. The summed E-state index contributed by atoms with van der Waals surface area (Å²) in [4.78, 5) is 23.5. The highest BCUT2D eigenvalue weighted by Crippen LogP contribution is 2.19. The van der Waals surface area contributed by atoms with Gasteiger partial charge in [-0.25, -0.2) is 8.42 Å². The van der Waals surface area contributed by atoms with Crippen molar-refractivity contribution in [3.8, 4) is 0 Å². The van der Waals surface area contributed by atoms with Crippen molar-refractivity contribution in [3.63, 3.8) is 0 Å². The first kappa shape index (κ1) is 19.1. The van der Waals surface area contributed by atoms with E-state index in [4.69, 9.17) is 4.74 Å². The summed E-state index contributed by atoms with van der Waals surface area (Å²) in [6, 6.07) is 8.60. The summed E-state index contributed by atoms with van der Waals surface area (Å²) in [6.07, 6.45) is 0. The molecule has 1 aromatic heterocycles. The third-order valence-electron chi connectivity index (χ3n) is 3.28. The Morgan fingerprint density at radius 2 is 1.80 bits per heavy atom. The zero-order valence-electron chi connectivity index (χ0n) is 13.7. The van der Waals surface area contributed by atoms with Gasteiger partial charge in [-0.15, -0.1) is 11.3 Å². The van der Waals surface area contributed by atoms with E-state index in [-0.39, 0.29) is 4.21 Å². The van der Waals surface area contributed by atoms with Crippen molar-refractivity contribution in [3.05, 3.63) is 46.8 Å². The number of rotatable bonds is 7. The minimum Gasteiger partial charge on any atom is -0.455 e. The van der Waals surface area contributed by atoms with Crippen LogP contribution >= 0.6 is 11.3 Å². The van der Waals surface area contributed by atoms with Crippen LogP contribution in [0.2, 0.25) is 0 Å². The molecule has 0 aliphatic rings. The van der Waals surface area contributed by atoms with Gasteiger partial charge in [0, 0.05) is 5.69 Å². The molecule has 9 heteroatoms. The molecule has 0 spiro atoms. The highest BCUT2D eigenvalue weighted by molar-refractivity contribution is 7.91. The number of carbonyl (C=O) groups excluding carboxylic acids is 2. The lowest BCUT2D eigenvalue weighted by atomic mass is 10.1. The van der Waals surface area contributed by atoms with E-state index in [0.29, 0.717) is 5.69 Å². The van der Waals surface area contributed by atoms with E-state index in [0.717, 1.165) is 22.5 Å². The molecule has 0 bridgehead atoms. The van der Waals surface area contributed by atoms with E-state index in [9.17, 15) is 18.0 Å². The third kappa shape index (κ3) is 5.38. The molecule has 134 valence electrons. The molecule has 1 aromatic carbocycles. The summed E-state index contributed by atoms with van der Waals surface area (Å²) in [7, 11) is -3.74. The van der Waals surface area contributed by atoms with Crippen LogP contribution in [0.3, 0.4) is 0 Å². The Morgan fingerprint density at radius 1 is 1.12 bits per heavy atom. The summed E-state index contributed by atoms with van der Waals surface area (Å²) in [5.74, 6) is -1.33. The van der Waals surface area contributed by atoms with E-state index in [2.05, 4.69) is 10.0 Å². The average molecular weight is 382 g/mol. The lowest BCUT2D eigenvalue weighted by molar-refractivity contribution is -0.146. The largest absolute Gasteiger partial charge is 0.455 e. The predicted octanol–water partition coefficient (Wildman–Crippen LogP) is 1.83. The topological polar surface area (TPSA) is 102 Å². The number of sulfonamides is 1. The maximum absolute atomic E-state index is 11.9. The molecule has 0 atom stereocenters. The van der Waals surface area contributed by atoms with E-state index in [1.807, 2.05) is 32.0 Å². The Morgan fingerprint density at radius 3 is 2.40 bits per heavy atom. The quantitative estimate of drug-likeness (QED) is 0.712. The molecule has 0 unspecified atom stereocenters. The number of aryl methyl sites for hydroxylation is 2. The number of anilines is 1. The van der Waals surface area contributed by atoms with Gasteiger partial charge in [0.15, 0.2) is 6.61 Å².